The minimum Gasteiger partial charge on any atom is -0.450 e. The number of carbonyl (C=O) groups excluding carboxylic acids is 9. The second kappa shape index (κ2) is 27.6. The summed E-state index contributed by atoms with van der Waals surface area (Å²) in [5.41, 5.74) is -0.497. The third-order valence-corrected chi connectivity index (χ3v) is 15.9. The molecule has 19 nitrogen and oxygen atoms in total. The van der Waals surface area contributed by atoms with Gasteiger partial charge >= 0.3 is 5.97 Å². The zero-order valence-corrected chi connectivity index (χ0v) is 49.1. The van der Waals surface area contributed by atoms with E-state index >= 15 is 4.79 Å². The van der Waals surface area contributed by atoms with Crippen molar-refractivity contribution in [1.82, 2.24) is 40.4 Å². The molecule has 2 bridgehead atoms. The summed E-state index contributed by atoms with van der Waals surface area (Å²) in [5, 5.41) is 20.1. The number of ether oxygens (including phenoxy) is 1. The molecule has 4 N–H and O–H groups in total. The summed E-state index contributed by atoms with van der Waals surface area (Å²) in [6, 6.07) is 7.75. The van der Waals surface area contributed by atoms with Gasteiger partial charge in [-0.05, 0) is 105 Å². The molecule has 420 valence electrons. The number of hydrogen-bond donors (Lipinski definition) is 4. The molecule has 76 heavy (non-hydrogen) atoms. The van der Waals surface area contributed by atoms with Gasteiger partial charge in [0.2, 0.25) is 41.4 Å². The number of hydrogen-bond acceptors (Lipinski definition) is 11. The summed E-state index contributed by atoms with van der Waals surface area (Å²) < 4.78 is 6.95. The van der Waals surface area contributed by atoms with E-state index < -0.39 is 125 Å². The van der Waals surface area contributed by atoms with Gasteiger partial charge in [-0.2, -0.15) is 0 Å². The zero-order chi connectivity index (χ0) is 57.1. The van der Waals surface area contributed by atoms with Crippen LogP contribution in [-0.4, -0.2) is 178 Å². The van der Waals surface area contributed by atoms with Gasteiger partial charge in [0, 0.05) is 63.6 Å². The summed E-state index contributed by atoms with van der Waals surface area (Å²) in [6.07, 6.45) is -0.216. The van der Waals surface area contributed by atoms with E-state index in [2.05, 4.69) is 38.5 Å². The Balaban J connectivity index is 1.87. The van der Waals surface area contributed by atoms with Crippen LogP contribution in [0.2, 0.25) is 0 Å². The van der Waals surface area contributed by atoms with Crippen LogP contribution < -0.4 is 16.0 Å². The molecule has 2 saturated heterocycles. The van der Waals surface area contributed by atoms with Gasteiger partial charge in [0.15, 0.2) is 12.1 Å². The molecule has 8 amide bonds. The van der Waals surface area contributed by atoms with E-state index in [0.29, 0.717) is 18.4 Å². The monoisotopic (exact) mass is 1170 g/mol. The van der Waals surface area contributed by atoms with Gasteiger partial charge in [0.25, 0.3) is 5.91 Å². The lowest BCUT2D eigenvalue weighted by atomic mass is 9.94. The molecule has 2 aromatic rings. The van der Waals surface area contributed by atoms with Crippen molar-refractivity contribution in [3.05, 3.63) is 69.3 Å². The highest BCUT2D eigenvalue weighted by atomic mass is 127. The molecule has 2 aromatic carbocycles. The Bertz CT molecular complexity index is 2380. The predicted molar refractivity (Wildman–Crippen MR) is 296 cm³/mol. The molecule has 4 rings (SSSR count). The highest BCUT2D eigenvalue weighted by Gasteiger charge is 2.46. The number of rotatable bonds is 11. The van der Waals surface area contributed by atoms with E-state index in [0.717, 1.165) is 18.9 Å². The fourth-order valence-electron chi connectivity index (χ4n) is 9.56. The van der Waals surface area contributed by atoms with Crippen molar-refractivity contribution in [3.8, 4) is 0 Å². The second-order valence-electron chi connectivity index (χ2n) is 21.9. The normalized spacial score (nSPS) is 26.9. The first-order valence-corrected chi connectivity index (χ1v) is 27.6. The average Bonchev–Trinajstić information content (AvgIpc) is 3.89. The topological polar surface area (TPSA) is 235 Å². The Morgan fingerprint density at radius 1 is 0.645 bits per heavy atom. The molecule has 0 aliphatic carbocycles. The predicted octanol–water partition coefficient (Wildman–Crippen LogP) is 3.56. The van der Waals surface area contributed by atoms with Gasteiger partial charge in [-0.1, -0.05) is 90.4 Å². The number of carbonyl (C=O) groups is 9. The molecule has 11 atom stereocenters. The summed E-state index contributed by atoms with van der Waals surface area (Å²) in [4.78, 5) is 137. The largest absolute Gasteiger partial charge is 0.450 e. The van der Waals surface area contributed by atoms with E-state index in [1.165, 1.54) is 65.7 Å². The van der Waals surface area contributed by atoms with Gasteiger partial charge in [-0.25, -0.2) is 4.79 Å². The second-order valence-corrected chi connectivity index (χ2v) is 23.1. The van der Waals surface area contributed by atoms with Crippen molar-refractivity contribution in [2.45, 2.75) is 162 Å². The Labute approximate surface area is 463 Å². The minimum absolute atomic E-state index is 0.00496. The number of likely N-dealkylation sites (N-methyl/N-ethyl adjacent to an activating group) is 4. The maximum Gasteiger partial charge on any atom is 0.332 e. The molecule has 2 aliphatic rings. The molecule has 2 aliphatic heterocycles. The van der Waals surface area contributed by atoms with Crippen molar-refractivity contribution in [3.63, 3.8) is 0 Å². The first kappa shape index (κ1) is 62.9. The van der Waals surface area contributed by atoms with Crippen LogP contribution in [0, 0.1) is 27.2 Å². The van der Waals surface area contributed by atoms with Gasteiger partial charge < -0.3 is 50.3 Å². The van der Waals surface area contributed by atoms with Crippen molar-refractivity contribution in [1.29, 1.82) is 0 Å². The number of fused-ring (bicyclic) bond motifs is 2. The zero-order valence-electron chi connectivity index (χ0n) is 46.9. The Kier molecular flexibility index (Phi) is 22.8. The maximum absolute atomic E-state index is 15.0. The highest BCUT2D eigenvalue weighted by Crippen LogP contribution is 2.26. The molecular weight excluding hydrogens is 1090 g/mol. The van der Waals surface area contributed by atoms with Crippen LogP contribution in [0.25, 0.3) is 0 Å². The summed E-state index contributed by atoms with van der Waals surface area (Å²) in [6.45, 7) is 16.6. The smallest absolute Gasteiger partial charge is 0.332 e. The number of esters is 1. The van der Waals surface area contributed by atoms with E-state index in [4.69, 9.17) is 4.74 Å². The van der Waals surface area contributed by atoms with Crippen molar-refractivity contribution in [2.24, 2.45) is 23.7 Å². The van der Waals surface area contributed by atoms with E-state index in [1.54, 1.807) is 49.9 Å². The summed E-state index contributed by atoms with van der Waals surface area (Å²) in [5.74, 6) is -8.01. The fraction of sp³-hybridized carbons (Fsp3) is 0.625. The number of aliphatic hydroxyl groups is 1. The van der Waals surface area contributed by atoms with E-state index in [-0.39, 0.29) is 44.7 Å². The number of nitrogens with one attached hydrogen (secondary N) is 3. The third-order valence-electron chi connectivity index (χ3n) is 15.2. The van der Waals surface area contributed by atoms with Gasteiger partial charge in [0.1, 0.15) is 36.3 Å². The highest BCUT2D eigenvalue weighted by molar-refractivity contribution is 14.1. The molecule has 0 saturated carbocycles. The molecule has 0 radical (unpaired) electrons. The Morgan fingerprint density at radius 2 is 1.17 bits per heavy atom. The molecule has 2 fully saturated rings. The molecule has 0 aromatic heterocycles. The average molecular weight is 1170 g/mol. The lowest BCUT2D eigenvalue weighted by molar-refractivity contribution is -0.177. The number of benzene rings is 2. The lowest BCUT2D eigenvalue weighted by Crippen LogP contribution is -2.62. The Morgan fingerprint density at radius 3 is 1.71 bits per heavy atom. The van der Waals surface area contributed by atoms with Crippen LogP contribution >= 0.6 is 22.6 Å². The SMILES string of the molecule is CCC(C)C1NC(=O)[C@@H]2CCN(C2)C(=O)C(Cc2ccc(I)cc2)N(C)C(=O)C(Cc2ccccc2)NC(=O)[C@H](C)N(C)C(=O)[C@@H](C(C)CC)OC(=O)[C@H](C(C)(C)O)N(C)C(=O)C(CC(C)C)NC(=O)[C@H](C)N(C)C1=O. The summed E-state index contributed by atoms with van der Waals surface area (Å²) >= 11 is 2.18. The first-order chi connectivity index (χ1) is 35.5. The number of amides is 8. The van der Waals surface area contributed by atoms with Crippen molar-refractivity contribution in [2.75, 3.05) is 41.3 Å². The van der Waals surface area contributed by atoms with E-state index in [1.807, 2.05) is 51.1 Å². The van der Waals surface area contributed by atoms with Gasteiger partial charge in [-0.15, -0.1) is 0 Å². The standard InChI is InChI=1S/C56H83IN8O11/c1-15-33(5)44-53(72)61(11)35(7)47(66)58-41(28-32(3)4)51(70)64(14)46(56(9,10)75)55(74)76-45(34(6)16-2)54(73)62(12)36(8)48(67)59-42(29-37-20-18-17-19-21-37)50(69)63(13)43(30-38-22-24-40(57)25-23-38)52(71)65-27-26-39(31-65)49(68)60-44/h17-25,32-36,39,41-46,75H,15-16,26-31H2,1-14H3,(H,58,66)(H,59,67)(H,60,68)/t33?,34?,35-,36-,39+,41?,42?,43?,44?,45+,46+/m0/s1. The molecule has 0 spiro atoms. The van der Waals surface area contributed by atoms with Crippen LogP contribution in [0.4, 0.5) is 0 Å². The number of cyclic esters (lactones) is 1. The molecule has 20 heteroatoms. The molecular formula is C56H83IN8O11. The number of halogens is 1. The first-order valence-electron chi connectivity index (χ1n) is 26.5. The Hall–Kier alpha value is -5.64. The minimum atomic E-state index is -1.96. The molecule has 6 unspecified atom stereocenters. The van der Waals surface area contributed by atoms with Crippen LogP contribution in [-0.2, 0) is 60.7 Å². The van der Waals surface area contributed by atoms with E-state index in [9.17, 15) is 43.5 Å². The quantitative estimate of drug-likeness (QED) is 0.188. The van der Waals surface area contributed by atoms with Gasteiger partial charge in [-0.3, -0.25) is 38.4 Å². The maximum atomic E-state index is 15.0. The van der Waals surface area contributed by atoms with Crippen LogP contribution in [0.1, 0.15) is 106 Å². The summed E-state index contributed by atoms with van der Waals surface area (Å²) in [7, 11) is 5.59. The van der Waals surface area contributed by atoms with Crippen LogP contribution in [0.3, 0.4) is 0 Å². The lowest BCUT2D eigenvalue weighted by Gasteiger charge is -2.39. The van der Waals surface area contributed by atoms with Gasteiger partial charge in [0.05, 0.1) is 11.5 Å². The van der Waals surface area contributed by atoms with Crippen molar-refractivity contribution < 1.29 is 53.0 Å². The van der Waals surface area contributed by atoms with Crippen LogP contribution in [0.15, 0.2) is 54.6 Å². The van der Waals surface area contributed by atoms with Crippen LogP contribution in [0.5, 0.6) is 0 Å². The number of nitrogens with zero attached hydrogens (tertiary/aromatic N) is 5. The molecule has 2 heterocycles. The fourth-order valence-corrected chi connectivity index (χ4v) is 9.92. The van der Waals surface area contributed by atoms with Crippen molar-refractivity contribution >= 4 is 75.8 Å². The third kappa shape index (κ3) is 16.0.